The molecule has 11 nitrogen and oxygen atoms in total. The maximum Gasteiger partial charge on any atom is 0.220 e. The Morgan fingerprint density at radius 2 is 2.23 bits per heavy atom. The van der Waals surface area contributed by atoms with Crippen LogP contribution >= 0.6 is 11.8 Å². The molecule has 4 atom stereocenters. The van der Waals surface area contributed by atoms with Gasteiger partial charge in [-0.15, -0.1) is 11.8 Å². The summed E-state index contributed by atoms with van der Waals surface area (Å²) in [6, 6.07) is 0. The number of azide groups is 1. The first-order valence-corrected chi connectivity index (χ1v) is 7.45. The highest BCUT2D eigenvalue weighted by Crippen LogP contribution is 2.35. The minimum atomic E-state index is -1.16. The van der Waals surface area contributed by atoms with Crippen molar-refractivity contribution in [1.82, 2.24) is 19.5 Å². The summed E-state index contributed by atoms with van der Waals surface area (Å²) < 4.78 is 7.03. The fraction of sp³-hybridized carbons (Fsp3) is 0.500. The molecule has 12 heteroatoms. The Morgan fingerprint density at radius 3 is 2.86 bits per heavy atom. The predicted molar refractivity (Wildman–Crippen MR) is 78.0 cm³/mol. The number of imidazole rings is 1. The normalized spacial score (nSPS) is 28.0. The number of anilines is 1. The molecule has 0 bridgehead atoms. The van der Waals surface area contributed by atoms with E-state index < -0.39 is 23.9 Å². The van der Waals surface area contributed by atoms with Crippen molar-refractivity contribution >= 4 is 34.7 Å². The van der Waals surface area contributed by atoms with E-state index in [1.807, 2.05) is 0 Å². The number of nitrogens with two attached hydrogens (primary N) is 1. The Balaban J connectivity index is 2.10. The minimum Gasteiger partial charge on any atom is -0.387 e. The van der Waals surface area contributed by atoms with Crippen LogP contribution in [0, 0.1) is 0 Å². The van der Waals surface area contributed by atoms with E-state index in [2.05, 4.69) is 25.0 Å². The molecule has 2 aromatic heterocycles. The highest BCUT2D eigenvalue weighted by Gasteiger charge is 2.44. The van der Waals surface area contributed by atoms with Crippen molar-refractivity contribution in [2.75, 3.05) is 12.0 Å². The van der Waals surface area contributed by atoms with E-state index >= 15 is 0 Å². The number of hydrogen-bond acceptors (Lipinski definition) is 9. The first-order valence-electron chi connectivity index (χ1n) is 6.16. The van der Waals surface area contributed by atoms with Crippen molar-refractivity contribution in [3.63, 3.8) is 0 Å². The van der Waals surface area contributed by atoms with Crippen LogP contribution < -0.4 is 5.73 Å². The van der Waals surface area contributed by atoms with E-state index in [-0.39, 0.29) is 22.9 Å². The van der Waals surface area contributed by atoms with Gasteiger partial charge in [0.2, 0.25) is 5.95 Å². The molecule has 0 spiro atoms. The number of aliphatic hydroxyl groups is 2. The number of hydrogen-bond donors (Lipinski definition) is 3. The topological polar surface area (TPSA) is 168 Å². The summed E-state index contributed by atoms with van der Waals surface area (Å²) in [5, 5.41) is 23.4. The first-order chi connectivity index (χ1) is 10.6. The maximum absolute atomic E-state index is 10.1. The standard InChI is InChI=1S/C10H12N8O3S/c1-22-9-5(20)4(19)8(21-9)18-2-13-3-6(11)14-10(16-17-12)15-7(3)18/h2,4-5,8-9,19-20H,1H3,(H2,11,14,15)/t4-,5+,8-,9-/m1/s1. The largest absolute Gasteiger partial charge is 0.387 e. The van der Waals surface area contributed by atoms with Crippen LogP contribution in [0.3, 0.4) is 0 Å². The molecule has 1 aliphatic heterocycles. The van der Waals surface area contributed by atoms with E-state index in [0.29, 0.717) is 0 Å². The van der Waals surface area contributed by atoms with Gasteiger partial charge >= 0.3 is 0 Å². The third-order valence-corrected chi connectivity index (χ3v) is 4.13. The van der Waals surface area contributed by atoms with Crippen LogP contribution in [0.4, 0.5) is 11.8 Å². The molecule has 3 rings (SSSR count). The Hall–Kier alpha value is -2.11. The number of aromatic nitrogens is 4. The highest BCUT2D eigenvalue weighted by atomic mass is 32.2. The van der Waals surface area contributed by atoms with Gasteiger partial charge in [0.15, 0.2) is 17.7 Å². The molecule has 0 saturated carbocycles. The molecular weight excluding hydrogens is 312 g/mol. The molecular formula is C10H12N8O3S. The van der Waals surface area contributed by atoms with Gasteiger partial charge in [-0.05, 0) is 16.9 Å². The fourth-order valence-electron chi connectivity index (χ4n) is 2.25. The number of aliphatic hydroxyl groups excluding tert-OH is 2. The molecule has 4 N–H and O–H groups in total. The first kappa shape index (κ1) is 14.8. The van der Waals surface area contributed by atoms with Crippen molar-refractivity contribution in [3.05, 3.63) is 16.8 Å². The molecule has 0 radical (unpaired) electrons. The van der Waals surface area contributed by atoms with Gasteiger partial charge in [0, 0.05) is 4.91 Å². The lowest BCUT2D eigenvalue weighted by atomic mass is 10.2. The third kappa shape index (κ3) is 2.23. The van der Waals surface area contributed by atoms with Crippen LogP contribution in [0.25, 0.3) is 21.6 Å². The van der Waals surface area contributed by atoms with E-state index in [1.165, 1.54) is 22.7 Å². The summed E-state index contributed by atoms with van der Waals surface area (Å²) in [6.45, 7) is 0. The van der Waals surface area contributed by atoms with Gasteiger partial charge in [0.05, 0.1) is 6.33 Å². The van der Waals surface area contributed by atoms with Crippen LogP contribution in [0.5, 0.6) is 0 Å². The summed E-state index contributed by atoms with van der Waals surface area (Å²) >= 11 is 1.28. The Bertz CT molecular complexity index is 760. The van der Waals surface area contributed by atoms with Crippen molar-refractivity contribution in [3.8, 4) is 0 Å². The van der Waals surface area contributed by atoms with Crippen LogP contribution in [0.2, 0.25) is 0 Å². The molecule has 22 heavy (non-hydrogen) atoms. The van der Waals surface area contributed by atoms with Gasteiger partial charge in [-0.1, -0.05) is 0 Å². The van der Waals surface area contributed by atoms with Gasteiger partial charge < -0.3 is 20.7 Å². The van der Waals surface area contributed by atoms with Crippen LogP contribution in [0.15, 0.2) is 11.4 Å². The smallest absolute Gasteiger partial charge is 0.220 e. The molecule has 1 aliphatic rings. The predicted octanol–water partition coefficient (Wildman–Crippen LogP) is 0.290. The van der Waals surface area contributed by atoms with Gasteiger partial charge in [0.25, 0.3) is 0 Å². The summed E-state index contributed by atoms with van der Waals surface area (Å²) in [5.74, 6) is -0.121. The minimum absolute atomic E-state index is 0.0422. The highest BCUT2D eigenvalue weighted by molar-refractivity contribution is 7.99. The second kappa shape index (κ2) is 5.59. The Labute approximate surface area is 127 Å². The number of thioether (sulfide) groups is 1. The van der Waals surface area contributed by atoms with Gasteiger partial charge in [-0.2, -0.15) is 0 Å². The van der Waals surface area contributed by atoms with Gasteiger partial charge in [-0.3, -0.25) is 4.57 Å². The lowest BCUT2D eigenvalue weighted by Crippen LogP contribution is -2.30. The summed E-state index contributed by atoms with van der Waals surface area (Å²) in [4.78, 5) is 14.5. The van der Waals surface area contributed by atoms with Crippen molar-refractivity contribution < 1.29 is 14.9 Å². The summed E-state index contributed by atoms with van der Waals surface area (Å²) in [7, 11) is 0. The van der Waals surface area contributed by atoms with Crippen molar-refractivity contribution in [2.24, 2.45) is 5.11 Å². The number of nitrogens with zero attached hydrogens (tertiary/aromatic N) is 7. The van der Waals surface area contributed by atoms with Crippen LogP contribution in [-0.4, -0.2) is 53.6 Å². The van der Waals surface area contributed by atoms with E-state index in [9.17, 15) is 10.2 Å². The zero-order valence-electron chi connectivity index (χ0n) is 11.3. The second-order valence-electron chi connectivity index (χ2n) is 4.53. The molecule has 0 aromatic carbocycles. The fourth-order valence-corrected chi connectivity index (χ4v) is 2.92. The summed E-state index contributed by atoms with van der Waals surface area (Å²) in [6.07, 6.45) is 0.0428. The molecule has 0 amide bonds. The average molecular weight is 324 g/mol. The molecule has 116 valence electrons. The quantitative estimate of drug-likeness (QED) is 0.411. The molecule has 1 saturated heterocycles. The van der Waals surface area contributed by atoms with E-state index in [0.717, 1.165) is 0 Å². The molecule has 0 aliphatic carbocycles. The molecule has 1 fully saturated rings. The zero-order chi connectivity index (χ0) is 15.9. The monoisotopic (exact) mass is 324 g/mol. The van der Waals surface area contributed by atoms with Crippen molar-refractivity contribution in [1.29, 1.82) is 0 Å². The third-order valence-electron chi connectivity index (χ3n) is 3.27. The number of nitrogen functional groups attached to an aromatic ring is 1. The van der Waals surface area contributed by atoms with Crippen LogP contribution in [0.1, 0.15) is 6.23 Å². The lowest BCUT2D eigenvalue weighted by Gasteiger charge is -2.16. The van der Waals surface area contributed by atoms with Crippen LogP contribution in [-0.2, 0) is 4.74 Å². The Morgan fingerprint density at radius 1 is 1.45 bits per heavy atom. The Kier molecular flexibility index (Phi) is 3.76. The second-order valence-corrected chi connectivity index (χ2v) is 5.47. The number of ether oxygens (including phenoxy) is 1. The van der Waals surface area contributed by atoms with E-state index in [1.54, 1.807) is 6.26 Å². The SMILES string of the molecule is CS[C@H]1O[C@@H](n2cnc3c(N)nc(N=[N+]=[N-])nc32)[C@H](O)[C@@H]1O. The van der Waals surface area contributed by atoms with Gasteiger partial charge in [0.1, 0.15) is 23.2 Å². The van der Waals surface area contributed by atoms with Gasteiger partial charge in [-0.25, -0.2) is 15.0 Å². The van der Waals surface area contributed by atoms with Crippen molar-refractivity contribution in [2.45, 2.75) is 23.9 Å². The molecule has 3 heterocycles. The lowest BCUT2D eigenvalue weighted by molar-refractivity contribution is -0.0192. The zero-order valence-corrected chi connectivity index (χ0v) is 12.1. The maximum atomic E-state index is 10.1. The summed E-state index contributed by atoms with van der Waals surface area (Å²) in [5.41, 5.74) is 14.2. The van der Waals surface area contributed by atoms with E-state index in [4.69, 9.17) is 16.0 Å². The number of rotatable bonds is 3. The molecule has 2 aromatic rings. The number of fused-ring (bicyclic) bond motifs is 1. The average Bonchev–Trinajstić information content (AvgIpc) is 3.03. The molecule has 0 unspecified atom stereocenters.